The van der Waals surface area contributed by atoms with Crippen molar-refractivity contribution in [1.29, 1.82) is 0 Å². The van der Waals surface area contributed by atoms with Crippen LogP contribution in [0.3, 0.4) is 0 Å². The summed E-state index contributed by atoms with van der Waals surface area (Å²) in [6, 6.07) is 6.83. The Morgan fingerprint density at radius 2 is 1.55 bits per heavy atom. The molecule has 6 nitrogen and oxygen atoms in total. The van der Waals surface area contributed by atoms with Crippen LogP contribution in [-0.2, 0) is 14.2 Å². The van der Waals surface area contributed by atoms with E-state index in [1.54, 1.807) is 38.1 Å². The van der Waals surface area contributed by atoms with Crippen LogP contribution in [0, 0.1) is 0 Å². The number of rotatable bonds is 7. The molecule has 0 radical (unpaired) electrons. The SMILES string of the molecule is COC(COCC(C)(C)N1C(=O)c2ccccc2C1=O)OC. The average molecular weight is 307 g/mol. The molecule has 1 aliphatic rings. The predicted octanol–water partition coefficient (Wildman–Crippen LogP) is 1.70. The first-order chi connectivity index (χ1) is 10.4. The number of nitrogens with zero attached hydrogens (tertiary/aromatic N) is 1. The van der Waals surface area contributed by atoms with Crippen LogP contribution in [0.1, 0.15) is 34.6 Å². The summed E-state index contributed by atoms with van der Waals surface area (Å²) in [4.78, 5) is 26.2. The fraction of sp³-hybridized carbons (Fsp3) is 0.500. The molecular formula is C16H21NO5. The zero-order valence-corrected chi connectivity index (χ0v) is 13.3. The standard InChI is InChI=1S/C16H21NO5/c1-16(2,10-22-9-13(20-3)21-4)17-14(18)11-7-5-6-8-12(11)15(17)19/h5-8,13H,9-10H2,1-4H3. The summed E-state index contributed by atoms with van der Waals surface area (Å²) < 4.78 is 15.6. The molecule has 0 unspecified atom stereocenters. The quantitative estimate of drug-likeness (QED) is 0.566. The van der Waals surface area contributed by atoms with Crippen LogP contribution in [0.4, 0.5) is 0 Å². The van der Waals surface area contributed by atoms with Crippen LogP contribution in [0.25, 0.3) is 0 Å². The van der Waals surface area contributed by atoms with Gasteiger partial charge in [0.1, 0.15) is 0 Å². The molecule has 0 bridgehead atoms. The number of fused-ring (bicyclic) bond motifs is 1. The van der Waals surface area contributed by atoms with Crippen LogP contribution >= 0.6 is 0 Å². The molecule has 2 rings (SSSR count). The molecule has 0 aromatic heterocycles. The molecule has 0 saturated heterocycles. The second-order valence-electron chi connectivity index (χ2n) is 5.72. The molecule has 1 aromatic rings. The van der Waals surface area contributed by atoms with Crippen molar-refractivity contribution in [2.24, 2.45) is 0 Å². The van der Waals surface area contributed by atoms with Crippen LogP contribution < -0.4 is 0 Å². The zero-order chi connectivity index (χ0) is 16.3. The highest BCUT2D eigenvalue weighted by molar-refractivity contribution is 6.21. The zero-order valence-electron chi connectivity index (χ0n) is 13.3. The maximum Gasteiger partial charge on any atom is 0.262 e. The second-order valence-corrected chi connectivity index (χ2v) is 5.72. The number of carbonyl (C=O) groups is 2. The molecule has 0 fully saturated rings. The summed E-state index contributed by atoms with van der Waals surface area (Å²) >= 11 is 0. The van der Waals surface area contributed by atoms with E-state index in [0.717, 1.165) is 0 Å². The van der Waals surface area contributed by atoms with Gasteiger partial charge in [0.2, 0.25) is 0 Å². The van der Waals surface area contributed by atoms with Crippen LogP contribution in [0.5, 0.6) is 0 Å². The summed E-state index contributed by atoms with van der Waals surface area (Å²) in [6.45, 7) is 4.01. The molecule has 0 atom stereocenters. The normalized spacial score (nSPS) is 14.9. The van der Waals surface area contributed by atoms with Crippen molar-refractivity contribution in [2.75, 3.05) is 27.4 Å². The number of hydrogen-bond donors (Lipinski definition) is 0. The Kier molecular flexibility index (Phi) is 4.95. The Bertz CT molecular complexity index is 530. The second kappa shape index (κ2) is 6.56. The highest BCUT2D eigenvalue weighted by atomic mass is 16.7. The smallest absolute Gasteiger partial charge is 0.262 e. The minimum absolute atomic E-state index is 0.196. The number of imide groups is 1. The fourth-order valence-electron chi connectivity index (χ4n) is 2.44. The molecule has 0 saturated carbocycles. The van der Waals surface area contributed by atoms with Crippen molar-refractivity contribution in [3.8, 4) is 0 Å². The molecular weight excluding hydrogens is 286 g/mol. The van der Waals surface area contributed by atoms with E-state index in [0.29, 0.717) is 11.1 Å². The fourth-order valence-corrected chi connectivity index (χ4v) is 2.44. The Balaban J connectivity index is 2.07. The lowest BCUT2D eigenvalue weighted by molar-refractivity contribution is -0.145. The number of methoxy groups -OCH3 is 2. The van der Waals surface area contributed by atoms with Crippen molar-refractivity contribution in [3.63, 3.8) is 0 Å². The van der Waals surface area contributed by atoms with Gasteiger partial charge in [0, 0.05) is 14.2 Å². The Morgan fingerprint density at radius 3 is 2.00 bits per heavy atom. The summed E-state index contributed by atoms with van der Waals surface area (Å²) in [6.07, 6.45) is -0.474. The number of carbonyl (C=O) groups excluding carboxylic acids is 2. The van der Waals surface area contributed by atoms with Crippen LogP contribution in [0.15, 0.2) is 24.3 Å². The van der Waals surface area contributed by atoms with E-state index in [1.807, 2.05) is 0 Å². The third-order valence-corrected chi connectivity index (χ3v) is 3.63. The van der Waals surface area contributed by atoms with Gasteiger partial charge >= 0.3 is 0 Å². The molecule has 1 aliphatic heterocycles. The van der Waals surface area contributed by atoms with Gasteiger partial charge in [-0.25, -0.2) is 0 Å². The Labute approximate surface area is 129 Å². The first-order valence-corrected chi connectivity index (χ1v) is 7.03. The van der Waals surface area contributed by atoms with E-state index in [4.69, 9.17) is 14.2 Å². The molecule has 1 heterocycles. The minimum atomic E-state index is -0.765. The van der Waals surface area contributed by atoms with E-state index in [9.17, 15) is 9.59 Å². The minimum Gasteiger partial charge on any atom is -0.374 e. The molecule has 6 heteroatoms. The van der Waals surface area contributed by atoms with Gasteiger partial charge in [-0.3, -0.25) is 14.5 Å². The van der Waals surface area contributed by atoms with E-state index < -0.39 is 11.8 Å². The van der Waals surface area contributed by atoms with Crippen molar-refractivity contribution < 1.29 is 23.8 Å². The van der Waals surface area contributed by atoms with Crippen molar-refractivity contribution in [1.82, 2.24) is 4.90 Å². The van der Waals surface area contributed by atoms with Gasteiger partial charge in [-0.1, -0.05) is 12.1 Å². The van der Waals surface area contributed by atoms with Gasteiger partial charge in [0.25, 0.3) is 11.8 Å². The average Bonchev–Trinajstić information content (AvgIpc) is 2.76. The molecule has 0 aliphatic carbocycles. The maximum absolute atomic E-state index is 12.5. The van der Waals surface area contributed by atoms with Crippen molar-refractivity contribution >= 4 is 11.8 Å². The Hall–Kier alpha value is -1.76. The molecule has 0 spiro atoms. The number of amides is 2. The molecule has 0 N–H and O–H groups in total. The van der Waals surface area contributed by atoms with Crippen LogP contribution in [0.2, 0.25) is 0 Å². The summed E-state index contributed by atoms with van der Waals surface area (Å²) in [5, 5.41) is 0. The monoisotopic (exact) mass is 307 g/mol. The van der Waals surface area contributed by atoms with E-state index in [2.05, 4.69) is 0 Å². The number of hydrogen-bond acceptors (Lipinski definition) is 5. The lowest BCUT2D eigenvalue weighted by atomic mass is 10.0. The van der Waals surface area contributed by atoms with Gasteiger partial charge in [0.15, 0.2) is 6.29 Å². The lowest BCUT2D eigenvalue weighted by Crippen LogP contribution is -2.51. The van der Waals surface area contributed by atoms with Gasteiger partial charge in [-0.15, -0.1) is 0 Å². The van der Waals surface area contributed by atoms with Crippen LogP contribution in [-0.4, -0.2) is 56.0 Å². The van der Waals surface area contributed by atoms with Crippen molar-refractivity contribution in [3.05, 3.63) is 35.4 Å². The molecule has 2 amide bonds. The molecule has 22 heavy (non-hydrogen) atoms. The summed E-state index contributed by atoms with van der Waals surface area (Å²) in [5.74, 6) is -0.575. The largest absolute Gasteiger partial charge is 0.374 e. The van der Waals surface area contributed by atoms with E-state index in [1.165, 1.54) is 19.1 Å². The number of ether oxygens (including phenoxy) is 3. The highest BCUT2D eigenvalue weighted by Gasteiger charge is 2.44. The third kappa shape index (κ3) is 3.04. The first kappa shape index (κ1) is 16.6. The molecule has 120 valence electrons. The molecule has 1 aromatic carbocycles. The lowest BCUT2D eigenvalue weighted by Gasteiger charge is -2.33. The third-order valence-electron chi connectivity index (χ3n) is 3.63. The summed E-state index contributed by atoms with van der Waals surface area (Å²) in [5.41, 5.74) is 0.110. The maximum atomic E-state index is 12.5. The first-order valence-electron chi connectivity index (χ1n) is 7.03. The van der Waals surface area contributed by atoms with Gasteiger partial charge in [-0.05, 0) is 26.0 Å². The van der Waals surface area contributed by atoms with Crippen molar-refractivity contribution in [2.45, 2.75) is 25.7 Å². The van der Waals surface area contributed by atoms with Gasteiger partial charge in [-0.2, -0.15) is 0 Å². The Morgan fingerprint density at radius 1 is 1.05 bits per heavy atom. The number of benzene rings is 1. The highest BCUT2D eigenvalue weighted by Crippen LogP contribution is 2.29. The topological polar surface area (TPSA) is 65.1 Å². The van der Waals surface area contributed by atoms with Gasteiger partial charge < -0.3 is 14.2 Å². The van der Waals surface area contributed by atoms with Gasteiger partial charge in [0.05, 0.1) is 29.9 Å². The van der Waals surface area contributed by atoms with E-state index in [-0.39, 0.29) is 25.0 Å². The summed E-state index contributed by atoms with van der Waals surface area (Å²) in [7, 11) is 3.04. The van der Waals surface area contributed by atoms with E-state index >= 15 is 0 Å². The predicted molar refractivity (Wildman–Crippen MR) is 79.6 cm³/mol.